The number of hydrogen-bond acceptors (Lipinski definition) is 6. The number of nitrogens with zero attached hydrogens (tertiary/aromatic N) is 2. The van der Waals surface area contributed by atoms with Gasteiger partial charge in [0.2, 0.25) is 5.88 Å². The van der Waals surface area contributed by atoms with E-state index >= 15 is 0 Å². The van der Waals surface area contributed by atoms with Gasteiger partial charge in [-0.05, 0) is 18.6 Å². The maximum Gasteiger partial charge on any atom is 0.338 e. The van der Waals surface area contributed by atoms with E-state index in [-0.39, 0.29) is 6.01 Å². The summed E-state index contributed by atoms with van der Waals surface area (Å²) < 4.78 is 15.0. The minimum atomic E-state index is -0.464. The predicted octanol–water partition coefficient (Wildman–Crippen LogP) is 2.13. The molecule has 2 rings (SSSR count). The average molecular weight is 287 g/mol. The number of ether oxygens (including phenoxy) is 3. The smallest absolute Gasteiger partial charge is 0.338 e. The number of hydrogen-bond donors (Lipinski definition) is 0. The molecule has 0 aliphatic heterocycles. The van der Waals surface area contributed by atoms with E-state index in [1.165, 1.54) is 27.5 Å². The highest BCUT2D eigenvalue weighted by Gasteiger charge is 2.18. The molecule has 0 aliphatic carbocycles. The SMILES string of the molecule is [CH2]c1ccc(-c2cnc(OC)nc2OC)c(C(=O)OC)c1. The van der Waals surface area contributed by atoms with Crippen molar-refractivity contribution in [2.24, 2.45) is 0 Å². The summed E-state index contributed by atoms with van der Waals surface area (Å²) in [7, 11) is 4.27. The van der Waals surface area contributed by atoms with Crippen molar-refractivity contribution in [3.63, 3.8) is 0 Å². The maximum absolute atomic E-state index is 11.9. The summed E-state index contributed by atoms with van der Waals surface area (Å²) in [6.45, 7) is 3.81. The molecule has 0 saturated heterocycles. The largest absolute Gasteiger partial charge is 0.480 e. The lowest BCUT2D eigenvalue weighted by atomic mass is 9.99. The number of benzene rings is 1. The van der Waals surface area contributed by atoms with Gasteiger partial charge in [-0.15, -0.1) is 0 Å². The molecule has 0 atom stereocenters. The monoisotopic (exact) mass is 287 g/mol. The van der Waals surface area contributed by atoms with Gasteiger partial charge in [0.05, 0.1) is 32.5 Å². The third-order valence-corrected chi connectivity index (χ3v) is 2.89. The van der Waals surface area contributed by atoms with Crippen LogP contribution in [0.2, 0.25) is 0 Å². The summed E-state index contributed by atoms with van der Waals surface area (Å²) in [6, 6.07) is 5.36. The average Bonchev–Trinajstić information content (AvgIpc) is 2.53. The zero-order chi connectivity index (χ0) is 15.4. The van der Waals surface area contributed by atoms with Gasteiger partial charge in [-0.3, -0.25) is 0 Å². The van der Waals surface area contributed by atoms with Crippen molar-refractivity contribution in [1.82, 2.24) is 9.97 Å². The maximum atomic E-state index is 11.9. The molecule has 1 aromatic heterocycles. The second kappa shape index (κ2) is 6.21. The Morgan fingerprint density at radius 3 is 2.52 bits per heavy atom. The zero-order valence-corrected chi connectivity index (χ0v) is 12.0. The van der Waals surface area contributed by atoms with Gasteiger partial charge >= 0.3 is 12.0 Å². The van der Waals surface area contributed by atoms with Crippen LogP contribution in [-0.4, -0.2) is 37.3 Å². The van der Waals surface area contributed by atoms with Crippen LogP contribution in [0.3, 0.4) is 0 Å². The summed E-state index contributed by atoms with van der Waals surface area (Å²) in [6.07, 6.45) is 1.54. The van der Waals surface area contributed by atoms with Crippen molar-refractivity contribution in [2.45, 2.75) is 0 Å². The number of rotatable bonds is 4. The fourth-order valence-electron chi connectivity index (χ4n) is 1.89. The fourth-order valence-corrected chi connectivity index (χ4v) is 1.89. The molecule has 109 valence electrons. The Labute approximate surface area is 122 Å². The third kappa shape index (κ3) is 2.94. The molecule has 6 heteroatoms. The van der Waals surface area contributed by atoms with E-state index in [1.807, 2.05) is 0 Å². The lowest BCUT2D eigenvalue weighted by Gasteiger charge is -2.12. The van der Waals surface area contributed by atoms with Crippen molar-refractivity contribution in [3.05, 3.63) is 42.4 Å². The second-order valence-corrected chi connectivity index (χ2v) is 4.15. The van der Waals surface area contributed by atoms with Crippen molar-refractivity contribution < 1.29 is 19.0 Å². The van der Waals surface area contributed by atoms with Gasteiger partial charge < -0.3 is 14.2 Å². The Hall–Kier alpha value is -2.63. The van der Waals surface area contributed by atoms with E-state index in [1.54, 1.807) is 18.2 Å². The predicted molar refractivity (Wildman–Crippen MR) is 76.4 cm³/mol. The lowest BCUT2D eigenvalue weighted by molar-refractivity contribution is 0.0601. The van der Waals surface area contributed by atoms with Gasteiger partial charge in [-0.2, -0.15) is 4.98 Å². The van der Waals surface area contributed by atoms with Crippen LogP contribution in [0.4, 0.5) is 0 Å². The van der Waals surface area contributed by atoms with E-state index in [0.717, 1.165) is 0 Å². The Balaban J connectivity index is 2.64. The first-order chi connectivity index (χ1) is 10.1. The van der Waals surface area contributed by atoms with Crippen LogP contribution >= 0.6 is 0 Å². The van der Waals surface area contributed by atoms with Gasteiger partial charge in [0, 0.05) is 11.8 Å². The van der Waals surface area contributed by atoms with Crippen molar-refractivity contribution in [3.8, 4) is 23.0 Å². The Morgan fingerprint density at radius 2 is 1.90 bits per heavy atom. The molecule has 21 heavy (non-hydrogen) atoms. The Bertz CT molecular complexity index is 671. The van der Waals surface area contributed by atoms with Crippen molar-refractivity contribution in [2.75, 3.05) is 21.3 Å². The molecule has 1 aromatic carbocycles. The molecule has 0 amide bonds. The van der Waals surface area contributed by atoms with Crippen LogP contribution in [0.15, 0.2) is 24.4 Å². The molecule has 2 aromatic rings. The molecular weight excluding hydrogens is 272 g/mol. The van der Waals surface area contributed by atoms with Crippen LogP contribution in [0, 0.1) is 6.92 Å². The molecule has 0 saturated carbocycles. The van der Waals surface area contributed by atoms with Crippen LogP contribution in [0.1, 0.15) is 15.9 Å². The normalized spacial score (nSPS) is 10.1. The Kier molecular flexibility index (Phi) is 4.37. The van der Waals surface area contributed by atoms with E-state index < -0.39 is 5.97 Å². The minimum absolute atomic E-state index is 0.184. The highest BCUT2D eigenvalue weighted by atomic mass is 16.5. The molecule has 6 nitrogen and oxygen atoms in total. The number of aromatic nitrogens is 2. The highest BCUT2D eigenvalue weighted by molar-refractivity contribution is 5.98. The van der Waals surface area contributed by atoms with Gasteiger partial charge in [0.1, 0.15) is 0 Å². The number of esters is 1. The first-order valence-corrected chi connectivity index (χ1v) is 6.10. The highest BCUT2D eigenvalue weighted by Crippen LogP contribution is 2.32. The molecular formula is C15H15N2O4. The molecule has 0 bridgehead atoms. The summed E-state index contributed by atoms with van der Waals surface area (Å²) >= 11 is 0. The first-order valence-electron chi connectivity index (χ1n) is 6.10. The number of methoxy groups -OCH3 is 3. The summed E-state index contributed by atoms with van der Waals surface area (Å²) in [4.78, 5) is 20.1. The van der Waals surface area contributed by atoms with Crippen LogP contribution < -0.4 is 9.47 Å². The zero-order valence-electron chi connectivity index (χ0n) is 12.0. The van der Waals surface area contributed by atoms with Crippen LogP contribution in [0.5, 0.6) is 11.9 Å². The van der Waals surface area contributed by atoms with E-state index in [0.29, 0.717) is 28.1 Å². The van der Waals surface area contributed by atoms with Gasteiger partial charge in [0.25, 0.3) is 0 Å². The van der Waals surface area contributed by atoms with Gasteiger partial charge in [0.15, 0.2) is 0 Å². The van der Waals surface area contributed by atoms with Crippen LogP contribution in [0.25, 0.3) is 11.1 Å². The van der Waals surface area contributed by atoms with E-state index in [9.17, 15) is 4.79 Å². The number of carbonyl (C=O) groups excluding carboxylic acids is 1. The minimum Gasteiger partial charge on any atom is -0.480 e. The topological polar surface area (TPSA) is 70.5 Å². The van der Waals surface area contributed by atoms with Gasteiger partial charge in [-0.25, -0.2) is 9.78 Å². The van der Waals surface area contributed by atoms with E-state index in [2.05, 4.69) is 16.9 Å². The van der Waals surface area contributed by atoms with Crippen molar-refractivity contribution in [1.29, 1.82) is 0 Å². The third-order valence-electron chi connectivity index (χ3n) is 2.89. The summed E-state index contributed by atoms with van der Waals surface area (Å²) in [5.74, 6) is -0.155. The molecule has 0 spiro atoms. The molecule has 0 N–H and O–H groups in total. The van der Waals surface area contributed by atoms with E-state index in [4.69, 9.17) is 14.2 Å². The molecule has 1 heterocycles. The summed E-state index contributed by atoms with van der Waals surface area (Å²) in [5.41, 5.74) is 2.25. The molecule has 0 aliphatic rings. The standard InChI is InChI=1S/C15H15N2O4/c1-9-5-6-10(11(7-9)14(18)20-3)12-8-16-15(21-4)17-13(12)19-2/h5-8H,1H2,2-4H3. The van der Waals surface area contributed by atoms with Gasteiger partial charge in [-0.1, -0.05) is 12.1 Å². The second-order valence-electron chi connectivity index (χ2n) is 4.15. The van der Waals surface area contributed by atoms with Crippen molar-refractivity contribution >= 4 is 5.97 Å². The first kappa shape index (κ1) is 14.8. The van der Waals surface area contributed by atoms with Crippen LogP contribution in [-0.2, 0) is 4.74 Å². The Morgan fingerprint density at radius 1 is 1.14 bits per heavy atom. The summed E-state index contributed by atoms with van der Waals surface area (Å²) in [5, 5.41) is 0. The quantitative estimate of drug-likeness (QED) is 0.802. The molecule has 0 unspecified atom stereocenters. The fraction of sp³-hybridized carbons (Fsp3) is 0.200. The number of carbonyl (C=O) groups is 1. The lowest BCUT2D eigenvalue weighted by Crippen LogP contribution is -2.05. The molecule has 0 fully saturated rings. The molecule has 1 radical (unpaired) electrons.